The molecule has 4 rings (SSSR count). The van der Waals surface area contributed by atoms with Crippen LogP contribution in [0.4, 0.5) is 0 Å². The summed E-state index contributed by atoms with van der Waals surface area (Å²) in [4.78, 5) is 44.5. The van der Waals surface area contributed by atoms with Crippen molar-refractivity contribution in [1.29, 1.82) is 0 Å². The Hall–Kier alpha value is -2.19. The van der Waals surface area contributed by atoms with Gasteiger partial charge >= 0.3 is 5.97 Å². The van der Waals surface area contributed by atoms with Gasteiger partial charge < -0.3 is 24.4 Å². The van der Waals surface area contributed by atoms with Crippen LogP contribution in [0.15, 0.2) is 24.3 Å². The Morgan fingerprint density at radius 3 is 2.51 bits per heavy atom. The number of likely N-dealkylation sites (tertiary alicyclic amines) is 1. The van der Waals surface area contributed by atoms with Gasteiger partial charge in [-0.1, -0.05) is 45.1 Å². The van der Waals surface area contributed by atoms with Gasteiger partial charge in [0, 0.05) is 18.6 Å². The number of cyclic esters (lactones) is 1. The van der Waals surface area contributed by atoms with Crippen LogP contribution in [0.1, 0.15) is 60.3 Å². The fraction of sp³-hybridized carbons (Fsp3) is 0.741. The first-order valence-electron chi connectivity index (χ1n) is 12.8. The molecule has 0 aliphatic carbocycles. The zero-order valence-corrected chi connectivity index (χ0v) is 21.7. The van der Waals surface area contributed by atoms with E-state index in [4.69, 9.17) is 9.47 Å². The zero-order chi connectivity index (χ0) is 25.6. The van der Waals surface area contributed by atoms with Crippen molar-refractivity contribution in [2.45, 2.75) is 83.6 Å². The van der Waals surface area contributed by atoms with E-state index < -0.39 is 41.1 Å². The van der Waals surface area contributed by atoms with Gasteiger partial charge in [0.25, 0.3) is 0 Å². The molecule has 0 saturated carbocycles. The molecule has 0 aromatic heterocycles. The van der Waals surface area contributed by atoms with Crippen LogP contribution < -0.4 is 0 Å². The van der Waals surface area contributed by atoms with E-state index in [0.717, 1.165) is 25.7 Å². The summed E-state index contributed by atoms with van der Waals surface area (Å²) < 4.78 is 12.1. The van der Waals surface area contributed by atoms with Gasteiger partial charge in [0.1, 0.15) is 17.6 Å². The summed E-state index contributed by atoms with van der Waals surface area (Å²) in [6, 6.07) is -0.955. The number of nitrogens with zero attached hydrogens (tertiary/aromatic N) is 2. The van der Waals surface area contributed by atoms with E-state index >= 15 is 0 Å². The maximum absolute atomic E-state index is 14.3. The predicted octanol–water partition coefficient (Wildman–Crippen LogP) is 2.46. The van der Waals surface area contributed by atoms with Crippen LogP contribution in [0, 0.1) is 17.3 Å². The van der Waals surface area contributed by atoms with Crippen LogP contribution in [0.2, 0.25) is 0 Å². The number of aliphatic hydroxyl groups excluding tert-OH is 1. The minimum atomic E-state index is -1.29. The lowest BCUT2D eigenvalue weighted by atomic mass is 9.77. The number of β-amino-alcohol motifs (C(OH)–C–C–N with tert-alkyl or cyclic N) is 1. The summed E-state index contributed by atoms with van der Waals surface area (Å²) in [5.41, 5.74) is -1.79. The van der Waals surface area contributed by atoms with E-state index in [1.165, 1.54) is 4.90 Å². The molecule has 35 heavy (non-hydrogen) atoms. The molecule has 2 fully saturated rings. The number of fused-ring (bicyclic) bond motifs is 2. The molecule has 1 spiro atoms. The van der Waals surface area contributed by atoms with Gasteiger partial charge in [0.05, 0.1) is 25.2 Å². The maximum Gasteiger partial charge on any atom is 0.312 e. The third kappa shape index (κ3) is 4.55. The van der Waals surface area contributed by atoms with E-state index in [0.29, 0.717) is 13.2 Å². The highest BCUT2D eigenvalue weighted by Gasteiger charge is 2.72. The lowest BCUT2D eigenvalue weighted by Crippen LogP contribution is -2.60. The summed E-state index contributed by atoms with van der Waals surface area (Å²) in [5, 5.41) is 9.79. The summed E-state index contributed by atoms with van der Waals surface area (Å²) in [6.07, 6.45) is 10.2. The van der Waals surface area contributed by atoms with Crippen molar-refractivity contribution in [3.63, 3.8) is 0 Å². The molecular formula is C27H40N2O6. The van der Waals surface area contributed by atoms with Crippen LogP contribution in [-0.2, 0) is 23.9 Å². The van der Waals surface area contributed by atoms with Crippen molar-refractivity contribution < 1.29 is 29.0 Å². The Labute approximate surface area is 208 Å². The van der Waals surface area contributed by atoms with E-state index in [2.05, 4.69) is 20.8 Å². The van der Waals surface area contributed by atoms with Gasteiger partial charge in [-0.05, 0) is 44.9 Å². The Morgan fingerprint density at radius 2 is 1.83 bits per heavy atom. The molecule has 8 nitrogen and oxygen atoms in total. The fourth-order valence-electron chi connectivity index (χ4n) is 6.70. The number of aliphatic hydroxyl groups is 1. The highest BCUT2D eigenvalue weighted by Crippen LogP contribution is 2.53. The summed E-state index contributed by atoms with van der Waals surface area (Å²) in [6.45, 7) is 10.9. The van der Waals surface area contributed by atoms with Crippen molar-refractivity contribution in [3.05, 3.63) is 24.3 Å². The number of esters is 1. The van der Waals surface area contributed by atoms with Crippen molar-refractivity contribution in [1.82, 2.24) is 9.80 Å². The summed E-state index contributed by atoms with van der Waals surface area (Å²) >= 11 is 0. The molecule has 1 N–H and O–H groups in total. The smallest absolute Gasteiger partial charge is 0.312 e. The third-order valence-electron chi connectivity index (χ3n) is 7.64. The van der Waals surface area contributed by atoms with E-state index in [-0.39, 0.29) is 30.4 Å². The average molecular weight is 489 g/mol. The summed E-state index contributed by atoms with van der Waals surface area (Å²) in [5.74, 6) is -2.74. The number of carbonyl (C=O) groups excluding carboxylic acids is 3. The average Bonchev–Trinajstić information content (AvgIpc) is 3.12. The second-order valence-corrected chi connectivity index (χ2v) is 12.1. The number of hydrogen-bond donors (Lipinski definition) is 1. The van der Waals surface area contributed by atoms with Crippen LogP contribution in [0.3, 0.4) is 0 Å². The first-order chi connectivity index (χ1) is 16.4. The maximum atomic E-state index is 14.3. The van der Waals surface area contributed by atoms with Gasteiger partial charge in [0.15, 0.2) is 0 Å². The Morgan fingerprint density at radius 1 is 1.09 bits per heavy atom. The van der Waals surface area contributed by atoms with Crippen LogP contribution in [0.25, 0.3) is 0 Å². The molecule has 194 valence electrons. The molecule has 5 atom stereocenters. The first kappa shape index (κ1) is 25.9. The summed E-state index contributed by atoms with van der Waals surface area (Å²) in [7, 11) is 0. The number of rotatable bonds is 4. The van der Waals surface area contributed by atoms with Gasteiger partial charge in [-0.15, -0.1) is 0 Å². The number of amides is 2. The zero-order valence-electron chi connectivity index (χ0n) is 21.7. The second kappa shape index (κ2) is 9.36. The lowest BCUT2D eigenvalue weighted by Gasteiger charge is -2.44. The molecule has 1 unspecified atom stereocenters. The van der Waals surface area contributed by atoms with E-state index in [9.17, 15) is 19.5 Å². The van der Waals surface area contributed by atoms with Crippen molar-refractivity contribution >= 4 is 17.8 Å². The minimum absolute atomic E-state index is 0.000499. The number of hydrogen-bond acceptors (Lipinski definition) is 6. The molecular weight excluding hydrogens is 448 g/mol. The SMILES string of the molecule is CC(C)(C)CC(C)(C)N1CC=C[C@]23O[C@H]4/C=C\CCCCOC(=O)[C@H]4[C@H]2C(=O)N(CCO)C3C1=O. The number of allylic oxidation sites excluding steroid dienone is 1. The Balaban J connectivity index is 1.79. The second-order valence-electron chi connectivity index (χ2n) is 12.1. The predicted molar refractivity (Wildman–Crippen MR) is 130 cm³/mol. The quantitative estimate of drug-likeness (QED) is 0.482. The topological polar surface area (TPSA) is 96.4 Å². The van der Waals surface area contributed by atoms with E-state index in [1.54, 1.807) is 0 Å². The third-order valence-corrected chi connectivity index (χ3v) is 7.64. The minimum Gasteiger partial charge on any atom is -0.465 e. The normalized spacial score (nSPS) is 34.7. The molecule has 2 amide bonds. The highest BCUT2D eigenvalue weighted by atomic mass is 16.6. The molecule has 2 saturated heterocycles. The molecule has 0 aromatic rings. The van der Waals surface area contributed by atoms with Gasteiger partial charge in [0.2, 0.25) is 11.8 Å². The van der Waals surface area contributed by atoms with Crippen molar-refractivity contribution in [2.75, 3.05) is 26.3 Å². The van der Waals surface area contributed by atoms with Gasteiger partial charge in [-0.2, -0.15) is 0 Å². The van der Waals surface area contributed by atoms with Gasteiger partial charge in [-0.25, -0.2) is 0 Å². The van der Waals surface area contributed by atoms with Crippen LogP contribution in [-0.4, -0.2) is 82.3 Å². The molecule has 8 heteroatoms. The standard InChI is InChI=1S/C27H40N2O6/c1-25(2,3)17-26(4,5)29-13-10-12-27-20(22(31)28(14-15-30)21(27)23(29)32)19-18(35-27)11-8-6-7-9-16-34-24(19)33/h8,10-12,18-21,30H,6-7,9,13-17H2,1-5H3/b11-8-/t18-,19+,20-,21?,27-/m0/s1. The van der Waals surface area contributed by atoms with Gasteiger partial charge in [-0.3, -0.25) is 14.4 Å². The molecule has 4 aliphatic rings. The first-order valence-corrected chi connectivity index (χ1v) is 12.8. The van der Waals surface area contributed by atoms with Crippen molar-refractivity contribution in [3.8, 4) is 0 Å². The number of ether oxygens (including phenoxy) is 2. The molecule has 0 bridgehead atoms. The van der Waals surface area contributed by atoms with E-state index in [1.807, 2.05) is 43.1 Å². The van der Waals surface area contributed by atoms with Crippen LogP contribution >= 0.6 is 0 Å². The largest absolute Gasteiger partial charge is 0.465 e. The molecule has 0 aromatic carbocycles. The number of carbonyl (C=O) groups is 3. The molecule has 0 radical (unpaired) electrons. The molecule has 4 aliphatic heterocycles. The highest BCUT2D eigenvalue weighted by molar-refractivity contribution is 5.99. The fourth-order valence-corrected chi connectivity index (χ4v) is 6.70. The van der Waals surface area contributed by atoms with Crippen LogP contribution in [0.5, 0.6) is 0 Å². The Kier molecular flexibility index (Phi) is 6.92. The lowest BCUT2D eigenvalue weighted by molar-refractivity contribution is -0.156. The van der Waals surface area contributed by atoms with Crippen molar-refractivity contribution in [2.24, 2.45) is 17.3 Å². The Bertz CT molecular complexity index is 919. The monoisotopic (exact) mass is 488 g/mol. The molecule has 4 heterocycles.